The second-order valence-electron chi connectivity index (χ2n) is 7.22. The molecule has 4 rings (SSSR count). The van der Waals surface area contributed by atoms with E-state index < -0.39 is 5.60 Å². The van der Waals surface area contributed by atoms with Crippen LogP contribution in [0.25, 0.3) is 21.9 Å². The molecule has 138 valence electrons. The van der Waals surface area contributed by atoms with Crippen LogP contribution in [0, 0.1) is 0 Å². The van der Waals surface area contributed by atoms with Crippen LogP contribution in [0.2, 0.25) is 5.02 Å². The number of nitrogen functional groups attached to an aromatic ring is 1. The molecular formula is C21H21ClN4O. The minimum atomic E-state index is -0.425. The number of hydrogen-bond acceptors (Lipinski definition) is 4. The number of pyridine rings is 1. The fourth-order valence-corrected chi connectivity index (χ4v) is 3.46. The second kappa shape index (κ2) is 6.83. The van der Waals surface area contributed by atoms with E-state index in [9.17, 15) is 0 Å². The average molecular weight is 381 g/mol. The van der Waals surface area contributed by atoms with Crippen LogP contribution in [-0.2, 0) is 17.9 Å². The number of ether oxygens (including phenoxy) is 1. The van der Waals surface area contributed by atoms with Crippen LogP contribution in [0.1, 0.15) is 19.4 Å². The summed E-state index contributed by atoms with van der Waals surface area (Å²) in [7, 11) is 0. The Morgan fingerprint density at radius 2 is 1.85 bits per heavy atom. The summed E-state index contributed by atoms with van der Waals surface area (Å²) in [4.78, 5) is 8.94. The summed E-state index contributed by atoms with van der Waals surface area (Å²) in [6.07, 6.45) is 1.80. The van der Waals surface area contributed by atoms with E-state index in [-0.39, 0.29) is 0 Å². The Morgan fingerprint density at radius 1 is 1.11 bits per heavy atom. The highest BCUT2D eigenvalue weighted by Gasteiger charge is 2.22. The summed E-state index contributed by atoms with van der Waals surface area (Å²) < 4.78 is 8.27. The molecule has 0 aliphatic rings. The van der Waals surface area contributed by atoms with Crippen LogP contribution in [-0.4, -0.2) is 20.1 Å². The topological polar surface area (TPSA) is 66.0 Å². The van der Waals surface area contributed by atoms with E-state index in [0.717, 1.165) is 27.5 Å². The third-order valence-electron chi connectivity index (χ3n) is 4.61. The van der Waals surface area contributed by atoms with Gasteiger partial charge < -0.3 is 15.0 Å². The van der Waals surface area contributed by atoms with Gasteiger partial charge >= 0.3 is 0 Å². The lowest BCUT2D eigenvalue weighted by molar-refractivity contribution is -0.0400. The maximum Gasteiger partial charge on any atom is 0.152 e. The van der Waals surface area contributed by atoms with Crippen molar-refractivity contribution < 1.29 is 4.74 Å². The average Bonchev–Trinajstić information content (AvgIpc) is 3.05. The minimum absolute atomic E-state index is 0.425. The molecule has 0 spiro atoms. The molecule has 0 saturated heterocycles. The maximum atomic E-state index is 6.24. The van der Waals surface area contributed by atoms with Crippen molar-refractivity contribution in [3.05, 3.63) is 65.4 Å². The van der Waals surface area contributed by atoms with Gasteiger partial charge in [-0.2, -0.15) is 0 Å². The number of aromatic nitrogens is 3. The van der Waals surface area contributed by atoms with Gasteiger partial charge in [0.25, 0.3) is 0 Å². The standard InChI is InChI=1S/C21H21ClN4O/c1-21(2,27-11-14-7-3-5-9-16(14)22)12-26-13-24-18-19(26)15-8-4-6-10-17(15)25-20(18)23/h3-10,13H,11-12H2,1-2H3,(H2,23,25). The Morgan fingerprint density at radius 3 is 2.67 bits per heavy atom. The number of fused-ring (bicyclic) bond motifs is 3. The molecule has 0 amide bonds. The van der Waals surface area contributed by atoms with E-state index >= 15 is 0 Å². The molecule has 0 bridgehead atoms. The number of benzene rings is 2. The molecule has 0 fully saturated rings. The van der Waals surface area contributed by atoms with Crippen molar-refractivity contribution in [1.29, 1.82) is 0 Å². The van der Waals surface area contributed by atoms with Crippen LogP contribution in [0.4, 0.5) is 5.82 Å². The fraction of sp³-hybridized carbons (Fsp3) is 0.238. The first-order valence-corrected chi connectivity index (χ1v) is 9.19. The molecule has 0 saturated carbocycles. The van der Waals surface area contributed by atoms with Gasteiger partial charge in [-0.05, 0) is 31.5 Å². The molecule has 2 heterocycles. The molecule has 2 N–H and O–H groups in total. The Balaban J connectivity index is 1.65. The van der Waals surface area contributed by atoms with Gasteiger partial charge in [0.15, 0.2) is 5.82 Å². The van der Waals surface area contributed by atoms with Gasteiger partial charge in [-0.25, -0.2) is 9.97 Å². The fourth-order valence-electron chi connectivity index (χ4n) is 3.27. The lowest BCUT2D eigenvalue weighted by Gasteiger charge is -2.26. The number of imidazole rings is 1. The first kappa shape index (κ1) is 17.8. The van der Waals surface area contributed by atoms with Crippen molar-refractivity contribution in [2.45, 2.75) is 32.6 Å². The van der Waals surface area contributed by atoms with Gasteiger partial charge in [-0.1, -0.05) is 48.0 Å². The third-order valence-corrected chi connectivity index (χ3v) is 4.98. The molecule has 0 aliphatic heterocycles. The number of nitrogens with zero attached hydrogens (tertiary/aromatic N) is 3. The Kier molecular flexibility index (Phi) is 4.50. The summed E-state index contributed by atoms with van der Waals surface area (Å²) in [5.41, 5.74) is 9.22. The number of rotatable bonds is 5. The molecule has 27 heavy (non-hydrogen) atoms. The van der Waals surface area contributed by atoms with E-state index in [2.05, 4.69) is 28.4 Å². The Bertz CT molecular complexity index is 1120. The molecular weight excluding hydrogens is 360 g/mol. The van der Waals surface area contributed by atoms with Crippen molar-refractivity contribution in [2.24, 2.45) is 0 Å². The molecule has 0 atom stereocenters. The SMILES string of the molecule is CC(C)(Cn1cnc2c(N)nc3ccccc3c21)OCc1ccccc1Cl. The minimum Gasteiger partial charge on any atom is -0.382 e. The molecule has 4 aromatic rings. The quantitative estimate of drug-likeness (QED) is 0.539. The normalized spacial score (nSPS) is 12.1. The summed E-state index contributed by atoms with van der Waals surface area (Å²) >= 11 is 6.24. The summed E-state index contributed by atoms with van der Waals surface area (Å²) in [6, 6.07) is 15.7. The molecule has 0 aliphatic carbocycles. The Labute approximate surface area is 162 Å². The molecule has 0 unspecified atom stereocenters. The number of halogens is 1. The van der Waals surface area contributed by atoms with Gasteiger partial charge in [0, 0.05) is 10.4 Å². The van der Waals surface area contributed by atoms with Crippen LogP contribution in [0.5, 0.6) is 0 Å². The van der Waals surface area contributed by atoms with Crippen molar-refractivity contribution in [1.82, 2.24) is 14.5 Å². The van der Waals surface area contributed by atoms with Crippen LogP contribution in [0.3, 0.4) is 0 Å². The van der Waals surface area contributed by atoms with Crippen molar-refractivity contribution in [3.8, 4) is 0 Å². The van der Waals surface area contributed by atoms with Crippen molar-refractivity contribution >= 4 is 39.4 Å². The van der Waals surface area contributed by atoms with Gasteiger partial charge in [0.05, 0.1) is 36.1 Å². The Hall–Kier alpha value is -2.63. The second-order valence-corrected chi connectivity index (χ2v) is 7.63. The van der Waals surface area contributed by atoms with E-state index in [0.29, 0.717) is 24.0 Å². The molecule has 6 heteroatoms. The largest absolute Gasteiger partial charge is 0.382 e. The van der Waals surface area contributed by atoms with Gasteiger partial charge in [0.1, 0.15) is 5.52 Å². The third kappa shape index (κ3) is 3.48. The van der Waals surface area contributed by atoms with Gasteiger partial charge in [0.2, 0.25) is 0 Å². The maximum absolute atomic E-state index is 6.24. The highest BCUT2D eigenvalue weighted by molar-refractivity contribution is 6.31. The van der Waals surface area contributed by atoms with E-state index in [4.69, 9.17) is 22.1 Å². The number of para-hydroxylation sites is 1. The van der Waals surface area contributed by atoms with Crippen LogP contribution in [0.15, 0.2) is 54.9 Å². The smallest absolute Gasteiger partial charge is 0.152 e. The van der Waals surface area contributed by atoms with E-state index in [1.807, 2.05) is 48.5 Å². The molecule has 2 aromatic carbocycles. The predicted molar refractivity (Wildman–Crippen MR) is 110 cm³/mol. The lowest BCUT2D eigenvalue weighted by atomic mass is 10.1. The summed E-state index contributed by atoms with van der Waals surface area (Å²) in [5, 5.41) is 1.74. The number of anilines is 1. The number of hydrogen-bond donors (Lipinski definition) is 1. The highest BCUT2D eigenvalue weighted by Crippen LogP contribution is 2.29. The first-order chi connectivity index (χ1) is 12.9. The van der Waals surface area contributed by atoms with Crippen molar-refractivity contribution in [2.75, 3.05) is 5.73 Å². The van der Waals surface area contributed by atoms with Crippen LogP contribution >= 0.6 is 11.6 Å². The monoisotopic (exact) mass is 380 g/mol. The zero-order valence-corrected chi connectivity index (χ0v) is 16.1. The van der Waals surface area contributed by atoms with E-state index in [1.165, 1.54) is 0 Å². The van der Waals surface area contributed by atoms with Gasteiger partial charge in [-0.15, -0.1) is 0 Å². The molecule has 2 aromatic heterocycles. The zero-order valence-electron chi connectivity index (χ0n) is 15.3. The zero-order chi connectivity index (χ0) is 19.0. The predicted octanol–water partition coefficient (Wildman–Crippen LogP) is 4.82. The van der Waals surface area contributed by atoms with Gasteiger partial charge in [-0.3, -0.25) is 0 Å². The summed E-state index contributed by atoms with van der Waals surface area (Å²) in [5.74, 6) is 0.442. The van der Waals surface area contributed by atoms with E-state index in [1.54, 1.807) is 6.33 Å². The first-order valence-electron chi connectivity index (χ1n) is 8.81. The highest BCUT2D eigenvalue weighted by atomic mass is 35.5. The summed E-state index contributed by atoms with van der Waals surface area (Å²) in [6.45, 7) is 5.19. The molecule has 5 nitrogen and oxygen atoms in total. The number of nitrogens with two attached hydrogens (primary N) is 1. The lowest BCUT2D eigenvalue weighted by Crippen LogP contribution is -2.30. The molecule has 0 radical (unpaired) electrons. The van der Waals surface area contributed by atoms with Crippen molar-refractivity contribution in [3.63, 3.8) is 0 Å². The van der Waals surface area contributed by atoms with Crippen LogP contribution < -0.4 is 5.73 Å².